The number of rotatable bonds is 3. The average Bonchev–Trinajstić information content (AvgIpc) is 2.72. The van der Waals surface area contributed by atoms with Crippen LogP contribution in [-0.4, -0.2) is 29.0 Å². The van der Waals surface area contributed by atoms with E-state index in [0.29, 0.717) is 4.90 Å². The van der Waals surface area contributed by atoms with E-state index in [1.54, 1.807) is 11.9 Å². The highest BCUT2D eigenvalue weighted by Crippen LogP contribution is 2.41. The van der Waals surface area contributed by atoms with Crippen molar-refractivity contribution in [2.24, 2.45) is 0 Å². The smallest absolute Gasteiger partial charge is 0.339 e. The Labute approximate surface area is 176 Å². The summed E-state index contributed by atoms with van der Waals surface area (Å²) >= 11 is 1.14. The highest BCUT2D eigenvalue weighted by molar-refractivity contribution is 8.01. The van der Waals surface area contributed by atoms with Crippen molar-refractivity contribution in [3.05, 3.63) is 59.2 Å². The molecule has 0 fully saturated rings. The molecule has 2 amide bonds. The first kappa shape index (κ1) is 20.8. The third-order valence-electron chi connectivity index (χ3n) is 5.69. The molecular weight excluding hydrogens is 413 g/mol. The van der Waals surface area contributed by atoms with Crippen LogP contribution >= 0.6 is 11.8 Å². The SMILES string of the molecule is CN(C(=O)C[C@@H]1Sc2ccc(C(F)(F)F)cc2NC1=O)[C@@H]1CCCc2ccccc21. The summed E-state index contributed by atoms with van der Waals surface area (Å²) in [6.07, 6.45) is -1.63. The molecule has 1 aliphatic heterocycles. The number of nitrogens with zero attached hydrogens (tertiary/aromatic N) is 1. The number of aryl methyl sites for hydroxylation is 1. The summed E-state index contributed by atoms with van der Waals surface area (Å²) in [6, 6.07) is 11.3. The van der Waals surface area contributed by atoms with Crippen LogP contribution in [0.5, 0.6) is 0 Å². The van der Waals surface area contributed by atoms with Gasteiger partial charge in [-0.3, -0.25) is 9.59 Å². The van der Waals surface area contributed by atoms with E-state index in [1.165, 1.54) is 11.6 Å². The minimum Gasteiger partial charge on any atom is -0.339 e. The molecule has 0 saturated carbocycles. The van der Waals surface area contributed by atoms with Crippen LogP contribution in [0.25, 0.3) is 0 Å². The van der Waals surface area contributed by atoms with Crippen LogP contribution in [0.15, 0.2) is 47.4 Å². The highest BCUT2D eigenvalue weighted by Gasteiger charge is 2.35. The van der Waals surface area contributed by atoms with Gasteiger partial charge in [0.15, 0.2) is 0 Å². The van der Waals surface area contributed by atoms with Gasteiger partial charge in [-0.15, -0.1) is 11.8 Å². The molecule has 0 bridgehead atoms. The summed E-state index contributed by atoms with van der Waals surface area (Å²) in [5.41, 5.74) is 1.71. The van der Waals surface area contributed by atoms with Crippen molar-refractivity contribution in [3.8, 4) is 0 Å². The van der Waals surface area contributed by atoms with Crippen LogP contribution in [0.1, 0.15) is 42.0 Å². The standard InChI is InChI=1S/C22H21F3N2O2S/c1-27(17-8-4-6-13-5-2-3-7-15(13)17)20(28)12-19-21(29)26-16-11-14(22(23,24)25)9-10-18(16)30-19/h2-3,5,7,9-11,17,19H,4,6,8,12H2,1H3,(H,26,29)/t17-,19+/m1/s1. The number of amides is 2. The number of alkyl halides is 3. The molecule has 0 spiro atoms. The number of halogens is 3. The average molecular weight is 434 g/mol. The predicted molar refractivity (Wildman–Crippen MR) is 109 cm³/mol. The number of hydrogen-bond donors (Lipinski definition) is 1. The molecule has 8 heteroatoms. The van der Waals surface area contributed by atoms with Crippen LogP contribution in [-0.2, 0) is 22.2 Å². The molecule has 30 heavy (non-hydrogen) atoms. The van der Waals surface area contributed by atoms with Crippen molar-refractivity contribution in [1.82, 2.24) is 4.90 Å². The fourth-order valence-electron chi connectivity index (χ4n) is 4.07. The predicted octanol–water partition coefficient (Wildman–Crippen LogP) is 5.04. The monoisotopic (exact) mass is 434 g/mol. The molecule has 4 rings (SSSR count). The number of benzene rings is 2. The first-order chi connectivity index (χ1) is 14.2. The Morgan fingerprint density at radius 1 is 1.23 bits per heavy atom. The first-order valence-corrected chi connectivity index (χ1v) is 10.6. The summed E-state index contributed by atoms with van der Waals surface area (Å²) in [5, 5.41) is 1.85. The van der Waals surface area contributed by atoms with Gasteiger partial charge in [0.1, 0.15) is 0 Å². The molecule has 0 radical (unpaired) electrons. The Bertz CT molecular complexity index is 993. The third-order valence-corrected chi connectivity index (χ3v) is 6.96. The van der Waals surface area contributed by atoms with Gasteiger partial charge in [-0.2, -0.15) is 13.2 Å². The summed E-state index contributed by atoms with van der Waals surface area (Å²) in [6.45, 7) is 0. The molecule has 2 atom stereocenters. The van der Waals surface area contributed by atoms with Gasteiger partial charge in [-0.05, 0) is 48.6 Å². The number of carbonyl (C=O) groups excluding carboxylic acids is 2. The van der Waals surface area contributed by atoms with Crippen LogP contribution in [0, 0.1) is 0 Å². The van der Waals surface area contributed by atoms with E-state index in [2.05, 4.69) is 11.4 Å². The van der Waals surface area contributed by atoms with Crippen LogP contribution in [0.2, 0.25) is 0 Å². The zero-order chi connectivity index (χ0) is 21.5. The number of anilines is 1. The third kappa shape index (κ3) is 4.05. The number of carbonyl (C=O) groups is 2. The molecule has 2 aromatic carbocycles. The highest BCUT2D eigenvalue weighted by atomic mass is 32.2. The Balaban J connectivity index is 1.47. The van der Waals surface area contributed by atoms with Crippen molar-refractivity contribution in [3.63, 3.8) is 0 Å². The van der Waals surface area contributed by atoms with Gasteiger partial charge in [0.05, 0.1) is 22.5 Å². The fraction of sp³-hybridized carbons (Fsp3) is 0.364. The molecule has 0 aromatic heterocycles. The second kappa shape index (κ2) is 7.98. The van der Waals surface area contributed by atoms with Gasteiger partial charge in [-0.1, -0.05) is 24.3 Å². The summed E-state index contributed by atoms with van der Waals surface area (Å²) in [7, 11) is 1.75. The van der Waals surface area contributed by atoms with Crippen molar-refractivity contribution in [2.45, 2.75) is 48.0 Å². The van der Waals surface area contributed by atoms with Gasteiger partial charge in [0, 0.05) is 18.4 Å². The maximum atomic E-state index is 12.9. The van der Waals surface area contributed by atoms with E-state index in [1.807, 2.05) is 18.2 Å². The van der Waals surface area contributed by atoms with Crippen molar-refractivity contribution >= 4 is 29.3 Å². The zero-order valence-corrected chi connectivity index (χ0v) is 17.1. The van der Waals surface area contributed by atoms with Crippen LogP contribution in [0.4, 0.5) is 18.9 Å². The van der Waals surface area contributed by atoms with E-state index in [9.17, 15) is 22.8 Å². The first-order valence-electron chi connectivity index (χ1n) is 9.76. The second-order valence-electron chi connectivity index (χ2n) is 7.62. The lowest BCUT2D eigenvalue weighted by Crippen LogP contribution is -2.38. The molecule has 1 aliphatic carbocycles. The minimum absolute atomic E-state index is 0.00781. The second-order valence-corrected chi connectivity index (χ2v) is 8.86. The van der Waals surface area contributed by atoms with E-state index < -0.39 is 22.9 Å². The number of nitrogens with one attached hydrogen (secondary N) is 1. The van der Waals surface area contributed by atoms with Gasteiger partial charge in [-0.25, -0.2) is 0 Å². The molecule has 1 heterocycles. The summed E-state index contributed by atoms with van der Waals surface area (Å²) < 4.78 is 38.7. The zero-order valence-electron chi connectivity index (χ0n) is 16.3. The van der Waals surface area contributed by atoms with Crippen molar-refractivity contribution in [2.75, 3.05) is 12.4 Å². The van der Waals surface area contributed by atoms with Gasteiger partial charge < -0.3 is 10.2 Å². The molecular formula is C22H21F3N2O2S. The Morgan fingerprint density at radius 3 is 2.77 bits per heavy atom. The lowest BCUT2D eigenvalue weighted by molar-refractivity contribution is -0.137. The molecule has 1 N–H and O–H groups in total. The van der Waals surface area contributed by atoms with E-state index in [-0.39, 0.29) is 24.1 Å². The Kier molecular flexibility index (Phi) is 5.53. The topological polar surface area (TPSA) is 49.4 Å². The maximum absolute atomic E-state index is 12.9. The fourth-order valence-corrected chi connectivity index (χ4v) is 5.15. The molecule has 158 valence electrons. The van der Waals surface area contributed by atoms with E-state index >= 15 is 0 Å². The Morgan fingerprint density at radius 2 is 2.00 bits per heavy atom. The quantitative estimate of drug-likeness (QED) is 0.736. The molecule has 2 aromatic rings. The molecule has 0 saturated heterocycles. The van der Waals surface area contributed by atoms with Crippen LogP contribution in [0.3, 0.4) is 0 Å². The van der Waals surface area contributed by atoms with Gasteiger partial charge in [0.25, 0.3) is 0 Å². The molecule has 2 aliphatic rings. The molecule has 0 unspecified atom stereocenters. The lowest BCUT2D eigenvalue weighted by Gasteiger charge is -2.34. The Hall–Kier alpha value is -2.48. The maximum Gasteiger partial charge on any atom is 0.416 e. The number of fused-ring (bicyclic) bond motifs is 2. The summed E-state index contributed by atoms with van der Waals surface area (Å²) in [5.74, 6) is -0.600. The van der Waals surface area contributed by atoms with E-state index in [0.717, 1.165) is 48.7 Å². The minimum atomic E-state index is -4.48. The van der Waals surface area contributed by atoms with Crippen molar-refractivity contribution < 1.29 is 22.8 Å². The lowest BCUT2D eigenvalue weighted by atomic mass is 9.87. The largest absolute Gasteiger partial charge is 0.416 e. The van der Waals surface area contributed by atoms with Crippen molar-refractivity contribution in [1.29, 1.82) is 0 Å². The normalized spacial score (nSPS) is 20.7. The van der Waals surface area contributed by atoms with E-state index in [4.69, 9.17) is 0 Å². The molecule has 4 nitrogen and oxygen atoms in total. The van der Waals surface area contributed by atoms with Gasteiger partial charge >= 0.3 is 6.18 Å². The summed E-state index contributed by atoms with van der Waals surface area (Å²) in [4.78, 5) is 27.6. The number of thioether (sulfide) groups is 1. The van der Waals surface area contributed by atoms with Gasteiger partial charge in [0.2, 0.25) is 11.8 Å². The van der Waals surface area contributed by atoms with Crippen LogP contribution < -0.4 is 5.32 Å². The number of hydrogen-bond acceptors (Lipinski definition) is 3.